The zero-order valence-corrected chi connectivity index (χ0v) is 19.9. The molecule has 0 heterocycles. The van der Waals surface area contributed by atoms with Crippen molar-refractivity contribution in [2.75, 3.05) is 26.0 Å². The summed E-state index contributed by atoms with van der Waals surface area (Å²) in [5.41, 5.74) is 1.03. The number of hydrogen-bond donors (Lipinski definition) is 1. The van der Waals surface area contributed by atoms with Gasteiger partial charge in [0.1, 0.15) is 0 Å². The summed E-state index contributed by atoms with van der Waals surface area (Å²) in [6.45, 7) is 6.43. The number of hydrogen-bond acceptors (Lipinski definition) is 2. The lowest BCUT2D eigenvalue weighted by atomic mass is 9.82. The summed E-state index contributed by atoms with van der Waals surface area (Å²) >= 11 is 2.13. The Labute approximate surface area is 189 Å². The van der Waals surface area contributed by atoms with E-state index in [4.69, 9.17) is 0 Å². The Morgan fingerprint density at radius 3 is 2.24 bits per heavy atom. The van der Waals surface area contributed by atoms with E-state index in [-0.39, 0.29) is 18.1 Å². The number of anilines is 1. The Bertz CT molecular complexity index is 883. The van der Waals surface area contributed by atoms with Gasteiger partial charge in [-0.1, -0.05) is 26.0 Å². The highest BCUT2D eigenvalue weighted by atomic mass is 127. The number of likely N-dealkylation sites (N-methyl/N-ethyl adjacent to an activating group) is 1. The van der Waals surface area contributed by atoms with Gasteiger partial charge in [-0.3, -0.25) is 4.79 Å². The van der Waals surface area contributed by atoms with Gasteiger partial charge >= 0.3 is 6.18 Å². The molecule has 1 N–H and O–H groups in total. The SMILES string of the molecule is Cc1ccc(C(=O)Nc2cc(C(F)(F)F)ccc2C(C)(C)CN(C)C)cc1I.Cl. The van der Waals surface area contributed by atoms with Gasteiger partial charge in [-0.2, -0.15) is 13.2 Å². The number of alkyl halides is 3. The zero-order chi connectivity index (χ0) is 21.3. The first kappa shape index (κ1) is 25.7. The molecule has 0 radical (unpaired) electrons. The van der Waals surface area contributed by atoms with Crippen LogP contribution in [0.5, 0.6) is 0 Å². The predicted molar refractivity (Wildman–Crippen MR) is 122 cm³/mol. The number of nitrogens with zero attached hydrogens (tertiary/aromatic N) is 1. The molecule has 3 nitrogen and oxygen atoms in total. The molecule has 8 heteroatoms. The highest BCUT2D eigenvalue weighted by molar-refractivity contribution is 14.1. The molecule has 0 aliphatic rings. The second kappa shape index (κ2) is 9.66. The maximum Gasteiger partial charge on any atom is 0.416 e. The van der Waals surface area contributed by atoms with Gasteiger partial charge in [0.25, 0.3) is 5.91 Å². The smallest absolute Gasteiger partial charge is 0.322 e. The first-order valence-corrected chi connectivity index (χ1v) is 9.83. The Morgan fingerprint density at radius 2 is 1.72 bits per heavy atom. The van der Waals surface area contributed by atoms with E-state index >= 15 is 0 Å². The first-order valence-electron chi connectivity index (χ1n) is 8.75. The van der Waals surface area contributed by atoms with E-state index in [1.54, 1.807) is 12.1 Å². The summed E-state index contributed by atoms with van der Waals surface area (Å²) in [5.74, 6) is -0.431. The van der Waals surface area contributed by atoms with Crippen molar-refractivity contribution in [1.82, 2.24) is 4.90 Å². The summed E-state index contributed by atoms with van der Waals surface area (Å²) < 4.78 is 40.6. The number of amides is 1. The maximum atomic E-state index is 13.2. The van der Waals surface area contributed by atoms with E-state index in [0.29, 0.717) is 17.7 Å². The molecule has 2 rings (SSSR count). The highest BCUT2D eigenvalue weighted by Crippen LogP contribution is 2.37. The minimum absolute atomic E-state index is 0. The van der Waals surface area contributed by atoms with Crippen LogP contribution in [0.2, 0.25) is 0 Å². The van der Waals surface area contributed by atoms with Crippen molar-refractivity contribution in [2.24, 2.45) is 0 Å². The number of halogens is 5. The molecule has 0 bridgehead atoms. The van der Waals surface area contributed by atoms with E-state index in [0.717, 1.165) is 21.3 Å². The maximum absolute atomic E-state index is 13.2. The van der Waals surface area contributed by atoms with Gasteiger partial charge in [-0.25, -0.2) is 0 Å². The molecular formula is C21H25ClF3IN2O. The average molecular weight is 541 g/mol. The number of carbonyl (C=O) groups is 1. The van der Waals surface area contributed by atoms with Crippen LogP contribution in [-0.4, -0.2) is 31.4 Å². The molecule has 0 aliphatic heterocycles. The minimum atomic E-state index is -4.48. The molecule has 0 fully saturated rings. The van der Waals surface area contributed by atoms with Crippen molar-refractivity contribution in [1.29, 1.82) is 0 Å². The van der Waals surface area contributed by atoms with Crippen molar-refractivity contribution in [3.05, 3.63) is 62.2 Å². The highest BCUT2D eigenvalue weighted by Gasteiger charge is 2.33. The second-order valence-corrected chi connectivity index (χ2v) is 8.96. The van der Waals surface area contributed by atoms with E-state index in [1.165, 1.54) is 6.07 Å². The molecule has 0 atom stereocenters. The zero-order valence-electron chi connectivity index (χ0n) is 16.9. The van der Waals surface area contributed by atoms with E-state index < -0.39 is 23.1 Å². The van der Waals surface area contributed by atoms with Crippen LogP contribution in [0.1, 0.15) is 40.9 Å². The summed E-state index contributed by atoms with van der Waals surface area (Å²) in [6.07, 6.45) is -4.48. The van der Waals surface area contributed by atoms with Crippen LogP contribution in [0, 0.1) is 10.5 Å². The van der Waals surface area contributed by atoms with Crippen LogP contribution in [0.3, 0.4) is 0 Å². The molecule has 0 aromatic heterocycles. The lowest BCUT2D eigenvalue weighted by Gasteiger charge is -2.31. The Balaban J connectivity index is 0.00000420. The van der Waals surface area contributed by atoms with Crippen LogP contribution in [0.25, 0.3) is 0 Å². The fourth-order valence-corrected chi connectivity index (χ4v) is 3.73. The topological polar surface area (TPSA) is 32.3 Å². The number of nitrogens with one attached hydrogen (secondary N) is 1. The first-order chi connectivity index (χ1) is 12.8. The summed E-state index contributed by atoms with van der Waals surface area (Å²) in [4.78, 5) is 14.7. The monoisotopic (exact) mass is 540 g/mol. The lowest BCUT2D eigenvalue weighted by Crippen LogP contribution is -2.33. The van der Waals surface area contributed by atoms with E-state index in [2.05, 4.69) is 27.9 Å². The summed E-state index contributed by atoms with van der Waals surface area (Å²) in [6, 6.07) is 8.76. The largest absolute Gasteiger partial charge is 0.416 e. The van der Waals surface area contributed by atoms with Gasteiger partial charge in [-0.15, -0.1) is 12.4 Å². The molecule has 1 amide bonds. The average Bonchev–Trinajstić information content (AvgIpc) is 2.55. The van der Waals surface area contributed by atoms with Gasteiger partial charge in [0.05, 0.1) is 5.56 Å². The number of benzene rings is 2. The molecule has 0 saturated heterocycles. The fraction of sp³-hybridized carbons (Fsp3) is 0.381. The van der Waals surface area contributed by atoms with Crippen molar-refractivity contribution < 1.29 is 18.0 Å². The molecule has 2 aromatic carbocycles. The summed E-state index contributed by atoms with van der Waals surface area (Å²) in [5, 5.41) is 2.70. The normalized spacial score (nSPS) is 11.9. The Kier molecular flexibility index (Phi) is 8.57. The molecular weight excluding hydrogens is 516 g/mol. The number of rotatable bonds is 5. The van der Waals surface area contributed by atoms with Gasteiger partial charge in [-0.05, 0) is 79.0 Å². The molecule has 0 saturated carbocycles. The lowest BCUT2D eigenvalue weighted by molar-refractivity contribution is -0.137. The third-order valence-corrected chi connectivity index (χ3v) is 5.63. The van der Waals surface area contributed by atoms with Crippen molar-refractivity contribution in [3.8, 4) is 0 Å². The van der Waals surface area contributed by atoms with Crippen LogP contribution in [0.4, 0.5) is 18.9 Å². The van der Waals surface area contributed by atoms with Crippen molar-refractivity contribution >= 4 is 46.6 Å². The standard InChI is InChI=1S/C21H24F3IN2O.ClH/c1-13-6-7-14(10-17(13)25)19(28)26-18-11-15(21(22,23)24)8-9-16(18)20(2,3)12-27(4)5;/h6-11H,12H2,1-5H3,(H,26,28);1H. The Morgan fingerprint density at radius 1 is 1.10 bits per heavy atom. The van der Waals surface area contributed by atoms with Crippen LogP contribution < -0.4 is 5.32 Å². The van der Waals surface area contributed by atoms with Gasteiger partial charge < -0.3 is 10.2 Å². The van der Waals surface area contributed by atoms with Crippen molar-refractivity contribution in [3.63, 3.8) is 0 Å². The molecule has 0 unspecified atom stereocenters. The number of carbonyl (C=O) groups excluding carboxylic acids is 1. The molecule has 2 aromatic rings. The Hall–Kier alpha value is -1.32. The van der Waals surface area contributed by atoms with E-state index in [9.17, 15) is 18.0 Å². The third-order valence-electron chi connectivity index (χ3n) is 4.47. The second-order valence-electron chi connectivity index (χ2n) is 7.80. The fourth-order valence-electron chi connectivity index (χ4n) is 3.22. The summed E-state index contributed by atoms with van der Waals surface area (Å²) in [7, 11) is 3.80. The molecule has 160 valence electrons. The van der Waals surface area contributed by atoms with Crippen molar-refractivity contribution in [2.45, 2.75) is 32.4 Å². The van der Waals surface area contributed by atoms with Gasteiger partial charge in [0.15, 0.2) is 0 Å². The third kappa shape index (κ3) is 6.58. The van der Waals surface area contributed by atoms with Gasteiger partial charge in [0, 0.05) is 26.8 Å². The van der Waals surface area contributed by atoms with Crippen LogP contribution in [0.15, 0.2) is 36.4 Å². The minimum Gasteiger partial charge on any atom is -0.322 e. The molecule has 0 aliphatic carbocycles. The van der Waals surface area contributed by atoms with Crippen LogP contribution in [-0.2, 0) is 11.6 Å². The van der Waals surface area contributed by atoms with E-state index in [1.807, 2.05) is 45.8 Å². The van der Waals surface area contributed by atoms with Crippen LogP contribution >= 0.6 is 35.0 Å². The molecule has 29 heavy (non-hydrogen) atoms. The quantitative estimate of drug-likeness (QED) is 0.463. The van der Waals surface area contributed by atoms with Gasteiger partial charge in [0.2, 0.25) is 0 Å². The molecule has 0 spiro atoms. The number of aryl methyl sites for hydroxylation is 1. The predicted octanol–water partition coefficient (Wildman–Crippen LogP) is 6.13.